The van der Waals surface area contributed by atoms with Gasteiger partial charge in [0.1, 0.15) is 4.90 Å². The number of non-ortho nitro benzene ring substituents is 1. The van der Waals surface area contributed by atoms with Crippen molar-refractivity contribution >= 4 is 71.2 Å². The highest BCUT2D eigenvalue weighted by molar-refractivity contribution is 9.11. The van der Waals surface area contributed by atoms with E-state index in [4.69, 9.17) is 15.8 Å². The van der Waals surface area contributed by atoms with E-state index in [1.54, 1.807) is 12.1 Å². The molecule has 0 aliphatic heterocycles. The first-order valence-corrected chi connectivity index (χ1v) is 11.5. The van der Waals surface area contributed by atoms with Crippen molar-refractivity contribution in [3.63, 3.8) is 0 Å². The zero-order valence-electron chi connectivity index (χ0n) is 14.8. The molecule has 7 nitrogen and oxygen atoms in total. The van der Waals surface area contributed by atoms with Crippen LogP contribution in [0.5, 0.6) is 5.75 Å². The number of rotatable bonds is 6. The van der Waals surface area contributed by atoms with Crippen molar-refractivity contribution in [3.05, 3.63) is 90.3 Å². The van der Waals surface area contributed by atoms with Crippen LogP contribution in [0.2, 0.25) is 5.02 Å². The van der Waals surface area contributed by atoms with Crippen LogP contribution in [0, 0.1) is 10.1 Å². The SMILES string of the molecule is O=[N+]([O-])c1ccc(N=Cc2cc(Br)c(OS(=O)(=O)c3ccc(Cl)cc3)c(Br)c2)cc1. The van der Waals surface area contributed by atoms with E-state index < -0.39 is 15.0 Å². The summed E-state index contributed by atoms with van der Waals surface area (Å²) in [6.45, 7) is 0. The molecule has 0 radical (unpaired) electrons. The lowest BCUT2D eigenvalue weighted by atomic mass is 10.2. The van der Waals surface area contributed by atoms with E-state index in [0.717, 1.165) is 0 Å². The molecule has 0 heterocycles. The summed E-state index contributed by atoms with van der Waals surface area (Å²) in [6.07, 6.45) is 1.54. The molecule has 0 spiro atoms. The molecule has 0 amide bonds. The van der Waals surface area contributed by atoms with Gasteiger partial charge in [0.25, 0.3) is 5.69 Å². The Balaban J connectivity index is 1.83. The molecule has 0 aromatic heterocycles. The summed E-state index contributed by atoms with van der Waals surface area (Å²) in [7, 11) is -4.06. The molecule has 0 saturated heterocycles. The van der Waals surface area contributed by atoms with Crippen molar-refractivity contribution < 1.29 is 17.5 Å². The van der Waals surface area contributed by atoms with Crippen LogP contribution in [0.25, 0.3) is 0 Å². The van der Waals surface area contributed by atoms with Crippen LogP contribution >= 0.6 is 43.5 Å². The summed E-state index contributed by atoms with van der Waals surface area (Å²) >= 11 is 12.4. The van der Waals surface area contributed by atoms with E-state index in [1.165, 1.54) is 54.7 Å². The Morgan fingerprint density at radius 3 is 2.10 bits per heavy atom. The minimum atomic E-state index is -4.06. The molecule has 0 atom stereocenters. The Hall–Kier alpha value is -2.27. The van der Waals surface area contributed by atoms with Crippen LogP contribution in [0.3, 0.4) is 0 Å². The lowest BCUT2D eigenvalue weighted by Crippen LogP contribution is -2.10. The van der Waals surface area contributed by atoms with Gasteiger partial charge in [0, 0.05) is 23.4 Å². The van der Waals surface area contributed by atoms with Crippen molar-refractivity contribution in [1.29, 1.82) is 0 Å². The minimum Gasteiger partial charge on any atom is -0.377 e. The van der Waals surface area contributed by atoms with Crippen molar-refractivity contribution in [2.24, 2.45) is 4.99 Å². The second-order valence-corrected chi connectivity index (χ2v) is 9.53. The summed E-state index contributed by atoms with van der Waals surface area (Å²) < 4.78 is 31.1. The van der Waals surface area contributed by atoms with Gasteiger partial charge in [0.2, 0.25) is 0 Å². The molecule has 0 fully saturated rings. The van der Waals surface area contributed by atoms with Gasteiger partial charge in [-0.2, -0.15) is 8.42 Å². The van der Waals surface area contributed by atoms with E-state index in [9.17, 15) is 18.5 Å². The van der Waals surface area contributed by atoms with E-state index in [1.807, 2.05) is 0 Å². The third-order valence-electron chi connectivity index (χ3n) is 3.74. The fourth-order valence-corrected chi connectivity index (χ4v) is 4.99. The van der Waals surface area contributed by atoms with E-state index in [0.29, 0.717) is 25.2 Å². The van der Waals surface area contributed by atoms with Gasteiger partial charge in [-0.25, -0.2) is 0 Å². The summed E-state index contributed by atoms with van der Waals surface area (Å²) in [6, 6.07) is 14.6. The molecule has 0 bridgehead atoms. The number of benzene rings is 3. The van der Waals surface area contributed by atoms with Crippen LogP contribution in [-0.4, -0.2) is 19.6 Å². The number of nitro groups is 1. The van der Waals surface area contributed by atoms with Gasteiger partial charge >= 0.3 is 10.1 Å². The van der Waals surface area contributed by atoms with Crippen LogP contribution in [0.4, 0.5) is 11.4 Å². The highest BCUT2D eigenvalue weighted by Gasteiger charge is 2.20. The average Bonchev–Trinajstić information content (AvgIpc) is 2.70. The first-order valence-electron chi connectivity index (χ1n) is 8.13. The standard InChI is InChI=1S/C19H11Br2ClN2O5S/c20-17-9-12(11-23-14-3-5-15(6-4-14)24(25)26)10-18(21)19(17)29-30(27,28)16-7-1-13(22)2-8-16/h1-11H. The highest BCUT2D eigenvalue weighted by Crippen LogP contribution is 2.36. The van der Waals surface area contributed by atoms with Gasteiger partial charge in [-0.15, -0.1) is 0 Å². The Kier molecular flexibility index (Phi) is 6.91. The van der Waals surface area contributed by atoms with Crippen molar-refractivity contribution in [3.8, 4) is 5.75 Å². The van der Waals surface area contributed by atoms with Crippen molar-refractivity contribution in [2.75, 3.05) is 0 Å². The van der Waals surface area contributed by atoms with Crippen LogP contribution < -0.4 is 4.18 Å². The molecule has 11 heteroatoms. The summed E-state index contributed by atoms with van der Waals surface area (Å²) in [5.41, 5.74) is 1.14. The first-order chi connectivity index (χ1) is 14.2. The number of halogens is 3. The van der Waals surface area contributed by atoms with Gasteiger partial charge in [-0.05, 0) is 86.0 Å². The predicted molar refractivity (Wildman–Crippen MR) is 121 cm³/mol. The summed E-state index contributed by atoms with van der Waals surface area (Å²) in [4.78, 5) is 14.4. The smallest absolute Gasteiger partial charge is 0.339 e. The zero-order valence-corrected chi connectivity index (χ0v) is 19.6. The predicted octanol–water partition coefficient (Wildman–Crippen LogP) is 6.29. The fourth-order valence-electron chi connectivity index (χ4n) is 2.30. The van der Waals surface area contributed by atoms with Gasteiger partial charge in [-0.3, -0.25) is 15.1 Å². The van der Waals surface area contributed by atoms with Crippen LogP contribution in [0.1, 0.15) is 5.56 Å². The third-order valence-corrected chi connectivity index (χ3v) is 6.40. The van der Waals surface area contributed by atoms with E-state index in [-0.39, 0.29) is 16.3 Å². The molecule has 0 aliphatic carbocycles. The lowest BCUT2D eigenvalue weighted by Gasteiger charge is -2.11. The number of hydrogen-bond acceptors (Lipinski definition) is 6. The fraction of sp³-hybridized carbons (Fsp3) is 0. The molecule has 3 aromatic carbocycles. The van der Waals surface area contributed by atoms with Crippen LogP contribution in [0.15, 0.2) is 79.5 Å². The number of hydrogen-bond donors (Lipinski definition) is 0. The second-order valence-electron chi connectivity index (χ2n) is 5.84. The van der Waals surface area contributed by atoms with E-state index >= 15 is 0 Å². The molecule has 3 rings (SSSR count). The van der Waals surface area contributed by atoms with Crippen molar-refractivity contribution in [1.82, 2.24) is 0 Å². The molecule has 3 aromatic rings. The topological polar surface area (TPSA) is 98.9 Å². The third kappa shape index (κ3) is 5.45. The average molecular weight is 575 g/mol. The molecular formula is C19H11Br2ClN2O5S. The second kappa shape index (κ2) is 9.25. The quantitative estimate of drug-likeness (QED) is 0.149. The van der Waals surface area contributed by atoms with Crippen molar-refractivity contribution in [2.45, 2.75) is 4.90 Å². The molecule has 154 valence electrons. The Labute approximate surface area is 193 Å². The Morgan fingerprint density at radius 2 is 1.57 bits per heavy atom. The maximum Gasteiger partial charge on any atom is 0.339 e. The molecule has 0 saturated carbocycles. The monoisotopic (exact) mass is 572 g/mol. The van der Waals surface area contributed by atoms with E-state index in [2.05, 4.69) is 36.9 Å². The molecular weight excluding hydrogens is 564 g/mol. The number of nitro benzene ring substituents is 1. The van der Waals surface area contributed by atoms with Gasteiger partial charge in [0.05, 0.1) is 19.6 Å². The first kappa shape index (κ1) is 22.4. The van der Waals surface area contributed by atoms with Gasteiger partial charge < -0.3 is 4.18 Å². The summed E-state index contributed by atoms with van der Waals surface area (Å²) in [5, 5.41) is 11.1. The minimum absolute atomic E-state index is 0.0252. The zero-order chi connectivity index (χ0) is 21.9. The highest BCUT2D eigenvalue weighted by atomic mass is 79.9. The van der Waals surface area contributed by atoms with Gasteiger partial charge in [-0.1, -0.05) is 11.6 Å². The van der Waals surface area contributed by atoms with Gasteiger partial charge in [0.15, 0.2) is 5.75 Å². The largest absolute Gasteiger partial charge is 0.377 e. The summed E-state index contributed by atoms with van der Waals surface area (Å²) in [5.74, 6) is 0.0810. The number of nitrogens with zero attached hydrogens (tertiary/aromatic N) is 2. The molecule has 0 N–H and O–H groups in total. The molecule has 0 aliphatic rings. The normalized spacial score (nSPS) is 11.6. The Bertz CT molecular complexity index is 1210. The maximum atomic E-state index is 12.5. The Morgan fingerprint density at radius 1 is 1.00 bits per heavy atom. The molecule has 30 heavy (non-hydrogen) atoms. The lowest BCUT2D eigenvalue weighted by molar-refractivity contribution is -0.384. The number of aliphatic imine (C=N–C) groups is 1. The maximum absolute atomic E-state index is 12.5. The van der Waals surface area contributed by atoms with Crippen LogP contribution in [-0.2, 0) is 10.1 Å². The molecule has 0 unspecified atom stereocenters.